The van der Waals surface area contributed by atoms with E-state index in [1.165, 1.54) is 0 Å². The van der Waals surface area contributed by atoms with Gasteiger partial charge in [0, 0.05) is 32.7 Å². The largest absolute Gasteiger partial charge is 0.504 e. The standard InChI is InChI=1S/C17H27N3O3.HI/c1-4-18-17(20-8-7-14(11-20)12-22-2)19-10-13-5-6-16(23-3)15(21)9-13;/h5-6,9,14,21H,4,7-8,10-12H2,1-3H3,(H,18,19);1H. The first-order valence-electron chi connectivity index (χ1n) is 8.06. The summed E-state index contributed by atoms with van der Waals surface area (Å²) in [6.45, 7) is 6.17. The molecule has 0 bridgehead atoms. The van der Waals surface area contributed by atoms with Crippen molar-refractivity contribution in [2.24, 2.45) is 10.9 Å². The topological polar surface area (TPSA) is 66.3 Å². The third-order valence-electron chi connectivity index (χ3n) is 3.98. The SMILES string of the molecule is CCNC(=NCc1ccc(OC)c(O)c1)N1CCC(COC)C1.I. The third kappa shape index (κ3) is 5.70. The van der Waals surface area contributed by atoms with E-state index in [0.29, 0.717) is 18.2 Å². The quantitative estimate of drug-likeness (QED) is 0.397. The lowest BCUT2D eigenvalue weighted by atomic mass is 10.1. The summed E-state index contributed by atoms with van der Waals surface area (Å²) in [5.41, 5.74) is 0.950. The zero-order valence-electron chi connectivity index (χ0n) is 14.6. The number of phenols is 1. The number of benzene rings is 1. The monoisotopic (exact) mass is 449 g/mol. The second kappa shape index (κ2) is 10.6. The van der Waals surface area contributed by atoms with Gasteiger partial charge in [-0.25, -0.2) is 4.99 Å². The molecule has 2 N–H and O–H groups in total. The van der Waals surface area contributed by atoms with Gasteiger partial charge in [0.15, 0.2) is 17.5 Å². The van der Waals surface area contributed by atoms with Crippen LogP contribution in [-0.4, -0.2) is 56.4 Å². The Morgan fingerprint density at radius 1 is 1.42 bits per heavy atom. The Morgan fingerprint density at radius 3 is 2.83 bits per heavy atom. The smallest absolute Gasteiger partial charge is 0.194 e. The Balaban J connectivity index is 0.00000288. The number of phenolic OH excluding ortho intramolecular Hbond substituents is 1. The molecule has 2 rings (SSSR count). The number of nitrogens with one attached hydrogen (secondary N) is 1. The first kappa shape index (κ1) is 20.8. The number of rotatable bonds is 6. The first-order chi connectivity index (χ1) is 11.2. The molecule has 1 aliphatic rings. The predicted molar refractivity (Wildman–Crippen MR) is 106 cm³/mol. The summed E-state index contributed by atoms with van der Waals surface area (Å²) in [6, 6.07) is 5.38. The predicted octanol–water partition coefficient (Wildman–Crippen LogP) is 2.45. The minimum absolute atomic E-state index is 0. The van der Waals surface area contributed by atoms with E-state index in [4.69, 9.17) is 14.5 Å². The second-order valence-electron chi connectivity index (χ2n) is 5.73. The molecular formula is C17H28IN3O3. The van der Waals surface area contributed by atoms with Crippen LogP contribution in [0.15, 0.2) is 23.2 Å². The minimum atomic E-state index is 0. The van der Waals surface area contributed by atoms with Crippen molar-refractivity contribution >= 4 is 29.9 Å². The minimum Gasteiger partial charge on any atom is -0.504 e. The van der Waals surface area contributed by atoms with Crippen LogP contribution in [-0.2, 0) is 11.3 Å². The molecule has 24 heavy (non-hydrogen) atoms. The fraction of sp³-hybridized carbons (Fsp3) is 0.588. The molecule has 0 aliphatic carbocycles. The highest BCUT2D eigenvalue weighted by atomic mass is 127. The van der Waals surface area contributed by atoms with Crippen LogP contribution in [0.2, 0.25) is 0 Å². The molecule has 7 heteroatoms. The molecule has 136 valence electrons. The van der Waals surface area contributed by atoms with E-state index in [2.05, 4.69) is 17.1 Å². The number of halogens is 1. The van der Waals surface area contributed by atoms with Crippen molar-refractivity contribution in [3.8, 4) is 11.5 Å². The fourth-order valence-corrected chi connectivity index (χ4v) is 2.82. The molecule has 1 aliphatic heterocycles. The van der Waals surface area contributed by atoms with Gasteiger partial charge in [-0.3, -0.25) is 0 Å². The summed E-state index contributed by atoms with van der Waals surface area (Å²) in [7, 11) is 3.29. The number of likely N-dealkylation sites (tertiary alicyclic amines) is 1. The summed E-state index contributed by atoms with van der Waals surface area (Å²) in [5, 5.41) is 13.2. The highest BCUT2D eigenvalue weighted by molar-refractivity contribution is 14.0. The van der Waals surface area contributed by atoms with Gasteiger partial charge in [-0.2, -0.15) is 0 Å². The van der Waals surface area contributed by atoms with E-state index in [9.17, 15) is 5.11 Å². The van der Waals surface area contributed by atoms with Crippen molar-refractivity contribution in [1.29, 1.82) is 0 Å². The van der Waals surface area contributed by atoms with E-state index in [-0.39, 0.29) is 29.7 Å². The highest BCUT2D eigenvalue weighted by Crippen LogP contribution is 2.26. The summed E-state index contributed by atoms with van der Waals surface area (Å²) in [5.74, 6) is 2.11. The molecule has 1 heterocycles. The summed E-state index contributed by atoms with van der Waals surface area (Å²) >= 11 is 0. The molecule has 1 unspecified atom stereocenters. The molecular weight excluding hydrogens is 421 g/mol. The van der Waals surface area contributed by atoms with Crippen molar-refractivity contribution in [2.75, 3.05) is 40.5 Å². The normalized spacial score (nSPS) is 17.5. The van der Waals surface area contributed by atoms with Gasteiger partial charge in [0.2, 0.25) is 0 Å². The van der Waals surface area contributed by atoms with Crippen LogP contribution in [0.1, 0.15) is 18.9 Å². The molecule has 0 aromatic heterocycles. The molecule has 1 aromatic carbocycles. The summed E-state index contributed by atoms with van der Waals surface area (Å²) < 4.78 is 10.3. The fourth-order valence-electron chi connectivity index (χ4n) is 2.82. The van der Waals surface area contributed by atoms with Gasteiger partial charge in [0.05, 0.1) is 20.3 Å². The number of nitrogens with zero attached hydrogens (tertiary/aromatic N) is 2. The van der Waals surface area contributed by atoms with Crippen LogP contribution in [0, 0.1) is 5.92 Å². The van der Waals surface area contributed by atoms with Crippen LogP contribution in [0.25, 0.3) is 0 Å². The molecule has 1 aromatic rings. The maximum absolute atomic E-state index is 9.85. The molecule has 1 fully saturated rings. The van der Waals surface area contributed by atoms with Crippen molar-refractivity contribution in [3.05, 3.63) is 23.8 Å². The van der Waals surface area contributed by atoms with E-state index in [0.717, 1.165) is 44.2 Å². The van der Waals surface area contributed by atoms with Gasteiger partial charge in [-0.15, -0.1) is 24.0 Å². The number of ether oxygens (including phenoxy) is 2. The van der Waals surface area contributed by atoms with Crippen molar-refractivity contribution in [1.82, 2.24) is 10.2 Å². The van der Waals surface area contributed by atoms with E-state index in [1.807, 2.05) is 6.07 Å². The Kier molecular flexibility index (Phi) is 9.20. The van der Waals surface area contributed by atoms with Gasteiger partial charge in [0.25, 0.3) is 0 Å². The Bertz CT molecular complexity index is 540. The zero-order chi connectivity index (χ0) is 16.7. The number of guanidine groups is 1. The van der Waals surface area contributed by atoms with Crippen LogP contribution >= 0.6 is 24.0 Å². The number of methoxy groups -OCH3 is 2. The average Bonchev–Trinajstić information content (AvgIpc) is 3.00. The maximum atomic E-state index is 9.85. The molecule has 1 saturated heterocycles. The zero-order valence-corrected chi connectivity index (χ0v) is 16.9. The van der Waals surface area contributed by atoms with Gasteiger partial charge in [0.1, 0.15) is 0 Å². The van der Waals surface area contributed by atoms with E-state index < -0.39 is 0 Å². The lowest BCUT2D eigenvalue weighted by Crippen LogP contribution is -2.40. The number of hydrogen-bond acceptors (Lipinski definition) is 4. The van der Waals surface area contributed by atoms with Crippen molar-refractivity contribution in [3.63, 3.8) is 0 Å². The average molecular weight is 449 g/mol. The molecule has 6 nitrogen and oxygen atoms in total. The van der Waals surface area contributed by atoms with Crippen LogP contribution in [0.3, 0.4) is 0 Å². The van der Waals surface area contributed by atoms with Crippen molar-refractivity contribution in [2.45, 2.75) is 19.9 Å². The van der Waals surface area contributed by atoms with Gasteiger partial charge < -0.3 is 24.8 Å². The Morgan fingerprint density at radius 2 is 2.21 bits per heavy atom. The van der Waals surface area contributed by atoms with Crippen LogP contribution in [0.5, 0.6) is 11.5 Å². The maximum Gasteiger partial charge on any atom is 0.194 e. The third-order valence-corrected chi connectivity index (χ3v) is 3.98. The molecule has 0 amide bonds. The Hall–Kier alpha value is -1.22. The van der Waals surface area contributed by atoms with Gasteiger partial charge >= 0.3 is 0 Å². The summed E-state index contributed by atoms with van der Waals surface area (Å²) in [4.78, 5) is 6.97. The number of aromatic hydroxyl groups is 1. The molecule has 0 saturated carbocycles. The summed E-state index contributed by atoms with van der Waals surface area (Å²) in [6.07, 6.45) is 1.13. The second-order valence-corrected chi connectivity index (χ2v) is 5.73. The van der Waals surface area contributed by atoms with Crippen LogP contribution < -0.4 is 10.1 Å². The first-order valence-corrected chi connectivity index (χ1v) is 8.06. The van der Waals surface area contributed by atoms with Crippen molar-refractivity contribution < 1.29 is 14.6 Å². The number of aliphatic imine (C=N–C) groups is 1. The molecule has 1 atom stereocenters. The van der Waals surface area contributed by atoms with Gasteiger partial charge in [-0.1, -0.05) is 6.07 Å². The molecule has 0 radical (unpaired) electrons. The Labute approximate surface area is 161 Å². The number of hydrogen-bond donors (Lipinski definition) is 2. The van der Waals surface area contributed by atoms with E-state index >= 15 is 0 Å². The lowest BCUT2D eigenvalue weighted by molar-refractivity contribution is 0.157. The van der Waals surface area contributed by atoms with Crippen LogP contribution in [0.4, 0.5) is 0 Å². The van der Waals surface area contributed by atoms with Gasteiger partial charge in [-0.05, 0) is 31.0 Å². The lowest BCUT2D eigenvalue weighted by Gasteiger charge is -2.21. The highest BCUT2D eigenvalue weighted by Gasteiger charge is 2.24. The van der Waals surface area contributed by atoms with E-state index in [1.54, 1.807) is 26.4 Å². The molecule has 0 spiro atoms.